The van der Waals surface area contributed by atoms with Crippen molar-refractivity contribution in [2.45, 2.75) is 12.8 Å². The number of carbonyl (C=O) groups excluding carboxylic acids is 1. The molecule has 35 heavy (non-hydrogen) atoms. The van der Waals surface area contributed by atoms with E-state index in [1.54, 1.807) is 31.2 Å². The van der Waals surface area contributed by atoms with Gasteiger partial charge in [-0.2, -0.15) is 0 Å². The van der Waals surface area contributed by atoms with Crippen LogP contribution in [0.25, 0.3) is 16.6 Å². The smallest absolute Gasteiger partial charge is 0.265 e. The fourth-order valence-electron chi connectivity index (χ4n) is 4.29. The molecule has 0 unspecified atom stereocenters. The Morgan fingerprint density at radius 2 is 1.46 bits per heavy atom. The molecule has 0 radical (unpaired) electrons. The zero-order valence-electron chi connectivity index (χ0n) is 19.0. The number of anilines is 1. The maximum atomic E-state index is 13.6. The van der Waals surface area contributed by atoms with E-state index in [0.717, 1.165) is 11.1 Å². The van der Waals surface area contributed by atoms with Gasteiger partial charge in [0, 0.05) is 0 Å². The van der Waals surface area contributed by atoms with Crippen molar-refractivity contribution in [3.05, 3.63) is 135 Å². The lowest BCUT2D eigenvalue weighted by Gasteiger charge is -2.19. The Kier molecular flexibility index (Phi) is 6.17. The Hall–Kier alpha value is -4.22. The molecule has 0 spiro atoms. The number of para-hydroxylation sites is 1. The number of nitrogens with zero attached hydrogens (tertiary/aromatic N) is 2. The van der Waals surface area contributed by atoms with Crippen LogP contribution in [0.5, 0.6) is 0 Å². The van der Waals surface area contributed by atoms with Crippen LogP contribution in [-0.4, -0.2) is 15.5 Å². The lowest BCUT2D eigenvalue weighted by atomic mass is 9.90. The second kappa shape index (κ2) is 9.57. The summed E-state index contributed by atoms with van der Waals surface area (Å²) in [5.41, 5.74) is 3.19. The molecular formula is C29H22ClN3O2. The summed E-state index contributed by atoms with van der Waals surface area (Å²) in [6.07, 6.45) is 0. The average molecular weight is 480 g/mol. The van der Waals surface area contributed by atoms with Crippen LogP contribution in [0.15, 0.2) is 108 Å². The number of aryl methyl sites for hydroxylation is 1. The van der Waals surface area contributed by atoms with Crippen LogP contribution in [0.4, 0.5) is 5.69 Å². The minimum atomic E-state index is -0.524. The highest BCUT2D eigenvalue weighted by molar-refractivity contribution is 6.33. The van der Waals surface area contributed by atoms with Crippen LogP contribution < -0.4 is 10.9 Å². The predicted molar refractivity (Wildman–Crippen MR) is 140 cm³/mol. The number of hydrogen-bond acceptors (Lipinski definition) is 3. The van der Waals surface area contributed by atoms with Crippen LogP contribution in [0.1, 0.15) is 22.9 Å². The largest absolute Gasteiger partial charge is 0.324 e. The number of fused-ring (bicyclic) bond motifs is 1. The van der Waals surface area contributed by atoms with E-state index in [2.05, 4.69) is 10.3 Å². The summed E-state index contributed by atoms with van der Waals surface area (Å²) in [6.45, 7) is 1.78. The zero-order chi connectivity index (χ0) is 24.4. The van der Waals surface area contributed by atoms with Crippen molar-refractivity contribution >= 4 is 34.1 Å². The number of amides is 1. The van der Waals surface area contributed by atoms with Gasteiger partial charge >= 0.3 is 0 Å². The molecule has 5 nitrogen and oxygen atoms in total. The number of halogens is 1. The predicted octanol–water partition coefficient (Wildman–Crippen LogP) is 6.12. The van der Waals surface area contributed by atoms with Crippen LogP contribution >= 0.6 is 11.6 Å². The fraction of sp³-hybridized carbons (Fsp3) is 0.0690. The van der Waals surface area contributed by atoms with Crippen LogP contribution in [0.2, 0.25) is 5.02 Å². The molecule has 1 amide bonds. The maximum absolute atomic E-state index is 13.6. The molecule has 0 aliphatic carbocycles. The molecule has 0 aliphatic heterocycles. The Bertz CT molecular complexity index is 1540. The van der Waals surface area contributed by atoms with Crippen molar-refractivity contribution in [3.63, 3.8) is 0 Å². The van der Waals surface area contributed by atoms with Crippen molar-refractivity contribution in [2.24, 2.45) is 0 Å². The molecule has 5 rings (SSSR count). The monoisotopic (exact) mass is 479 g/mol. The van der Waals surface area contributed by atoms with E-state index in [0.29, 0.717) is 33.1 Å². The van der Waals surface area contributed by atoms with Crippen molar-refractivity contribution in [2.75, 3.05) is 5.32 Å². The molecule has 172 valence electrons. The summed E-state index contributed by atoms with van der Waals surface area (Å²) in [4.78, 5) is 31.4. The molecule has 0 bridgehead atoms. The summed E-state index contributed by atoms with van der Waals surface area (Å²) in [7, 11) is 0. The third-order valence-electron chi connectivity index (χ3n) is 5.94. The molecule has 0 saturated heterocycles. The molecule has 1 N–H and O–H groups in total. The minimum absolute atomic E-state index is 0.181. The van der Waals surface area contributed by atoms with Gasteiger partial charge in [0.25, 0.3) is 5.56 Å². The number of benzene rings is 4. The summed E-state index contributed by atoms with van der Waals surface area (Å²) in [5.74, 6) is -0.203. The van der Waals surface area contributed by atoms with Crippen LogP contribution in [0.3, 0.4) is 0 Å². The number of hydrogen-bond donors (Lipinski definition) is 1. The number of rotatable bonds is 5. The van der Waals surface area contributed by atoms with Gasteiger partial charge < -0.3 is 5.32 Å². The third-order valence-corrected chi connectivity index (χ3v) is 6.27. The second-order valence-electron chi connectivity index (χ2n) is 8.22. The first-order valence-electron chi connectivity index (χ1n) is 11.2. The first-order chi connectivity index (χ1) is 17.0. The van der Waals surface area contributed by atoms with Gasteiger partial charge in [0.05, 0.1) is 33.2 Å². The number of carbonyl (C=O) groups is 1. The van der Waals surface area contributed by atoms with E-state index in [-0.39, 0.29) is 11.5 Å². The Balaban J connectivity index is 1.55. The summed E-state index contributed by atoms with van der Waals surface area (Å²) in [6, 6.07) is 31.6. The Morgan fingerprint density at radius 3 is 2.11 bits per heavy atom. The normalized spacial score (nSPS) is 11.1. The highest BCUT2D eigenvalue weighted by Gasteiger charge is 2.23. The molecule has 0 aliphatic rings. The van der Waals surface area contributed by atoms with Gasteiger partial charge in [-0.1, -0.05) is 84.4 Å². The van der Waals surface area contributed by atoms with Gasteiger partial charge in [0.15, 0.2) is 0 Å². The van der Waals surface area contributed by atoms with E-state index >= 15 is 0 Å². The molecular weight excluding hydrogens is 458 g/mol. The SMILES string of the molecule is Cc1nc2ccccc2c(=O)n1-c1ccc(Cl)c(NC(=O)C(c2ccccc2)c2ccccc2)c1. The van der Waals surface area contributed by atoms with Crippen molar-refractivity contribution in [1.82, 2.24) is 9.55 Å². The van der Waals surface area contributed by atoms with Gasteiger partial charge in [0.2, 0.25) is 5.91 Å². The topological polar surface area (TPSA) is 64.0 Å². The lowest BCUT2D eigenvalue weighted by Crippen LogP contribution is -2.24. The van der Waals surface area contributed by atoms with E-state index in [4.69, 9.17) is 11.6 Å². The summed E-state index contributed by atoms with van der Waals surface area (Å²) in [5, 5.41) is 3.88. The van der Waals surface area contributed by atoms with Gasteiger partial charge in [-0.15, -0.1) is 0 Å². The van der Waals surface area contributed by atoms with Gasteiger partial charge in [-0.25, -0.2) is 4.98 Å². The molecule has 4 aromatic carbocycles. The van der Waals surface area contributed by atoms with E-state index in [1.165, 1.54) is 4.57 Å². The average Bonchev–Trinajstić information content (AvgIpc) is 2.87. The first kappa shape index (κ1) is 22.6. The highest BCUT2D eigenvalue weighted by Crippen LogP contribution is 2.30. The van der Waals surface area contributed by atoms with Crippen LogP contribution in [-0.2, 0) is 4.79 Å². The summed E-state index contributed by atoms with van der Waals surface area (Å²) >= 11 is 6.48. The van der Waals surface area contributed by atoms with Crippen molar-refractivity contribution in [1.29, 1.82) is 0 Å². The zero-order valence-corrected chi connectivity index (χ0v) is 19.7. The van der Waals surface area contributed by atoms with E-state index < -0.39 is 5.92 Å². The van der Waals surface area contributed by atoms with Crippen molar-refractivity contribution in [3.8, 4) is 5.69 Å². The van der Waals surface area contributed by atoms with Crippen LogP contribution in [0, 0.1) is 6.92 Å². The fourth-order valence-corrected chi connectivity index (χ4v) is 4.45. The molecule has 0 saturated carbocycles. The quantitative estimate of drug-likeness (QED) is 0.330. The molecule has 1 heterocycles. The number of aromatic nitrogens is 2. The van der Waals surface area contributed by atoms with Gasteiger partial charge in [-0.05, 0) is 48.4 Å². The molecule has 6 heteroatoms. The number of nitrogens with one attached hydrogen (secondary N) is 1. The molecule has 0 fully saturated rings. The first-order valence-corrected chi connectivity index (χ1v) is 11.6. The lowest BCUT2D eigenvalue weighted by molar-refractivity contribution is -0.116. The molecule has 5 aromatic rings. The Morgan fingerprint density at radius 1 is 0.857 bits per heavy atom. The van der Waals surface area contributed by atoms with E-state index in [9.17, 15) is 9.59 Å². The third kappa shape index (κ3) is 4.46. The maximum Gasteiger partial charge on any atom is 0.265 e. The van der Waals surface area contributed by atoms with E-state index in [1.807, 2.05) is 78.9 Å². The molecule has 0 atom stereocenters. The molecule has 1 aromatic heterocycles. The minimum Gasteiger partial charge on any atom is -0.324 e. The standard InChI is InChI=1S/C29H22ClN3O2/c1-19-31-25-15-9-8-14-23(25)29(35)33(19)22-16-17-24(30)26(18-22)32-28(34)27(20-10-4-2-5-11-20)21-12-6-3-7-13-21/h2-18,27H,1H3,(H,32,34). The second-order valence-corrected chi connectivity index (χ2v) is 8.63. The van der Waals surface area contributed by atoms with Crippen molar-refractivity contribution < 1.29 is 4.79 Å². The highest BCUT2D eigenvalue weighted by atomic mass is 35.5. The van der Waals surface area contributed by atoms with Gasteiger partial charge in [-0.3, -0.25) is 14.2 Å². The van der Waals surface area contributed by atoms with Gasteiger partial charge in [0.1, 0.15) is 5.82 Å². The summed E-state index contributed by atoms with van der Waals surface area (Å²) < 4.78 is 1.53. The Labute approximate surface area is 207 Å².